The average Bonchev–Trinajstić information content (AvgIpc) is 2.48. The maximum Gasteiger partial charge on any atom is 0.407 e. The van der Waals surface area contributed by atoms with Gasteiger partial charge in [-0.2, -0.15) is 0 Å². The number of ether oxygens (including phenoxy) is 1. The zero-order valence-electron chi connectivity index (χ0n) is 11.7. The lowest BCUT2D eigenvalue weighted by atomic mass is 10.0. The van der Waals surface area contributed by atoms with Gasteiger partial charge in [0.25, 0.3) is 5.92 Å². The minimum absolute atomic E-state index is 0.0480. The van der Waals surface area contributed by atoms with E-state index in [4.69, 9.17) is 9.84 Å². The highest BCUT2D eigenvalue weighted by atomic mass is 19.3. The first-order valence-corrected chi connectivity index (χ1v) is 6.71. The van der Waals surface area contributed by atoms with E-state index >= 15 is 0 Å². The number of piperidine rings is 1. The number of amides is 2. The number of carboxylic acid groups (broad SMARTS) is 1. The molecule has 6 nitrogen and oxygen atoms in total. The zero-order chi connectivity index (χ0) is 16.2. The topological polar surface area (TPSA) is 78.9 Å². The van der Waals surface area contributed by atoms with Crippen LogP contribution in [0.1, 0.15) is 12.0 Å². The van der Waals surface area contributed by atoms with E-state index < -0.39 is 37.1 Å². The number of rotatable bonds is 3. The van der Waals surface area contributed by atoms with E-state index in [1.807, 2.05) is 5.32 Å². The minimum atomic E-state index is -3.17. The van der Waals surface area contributed by atoms with Gasteiger partial charge in [-0.05, 0) is 5.56 Å². The van der Waals surface area contributed by atoms with Crippen LogP contribution < -0.4 is 5.32 Å². The molecule has 8 heteroatoms. The Morgan fingerprint density at radius 3 is 2.68 bits per heavy atom. The maximum atomic E-state index is 13.7. The van der Waals surface area contributed by atoms with Crippen LogP contribution in [-0.4, -0.2) is 47.2 Å². The van der Waals surface area contributed by atoms with Crippen LogP contribution in [0.3, 0.4) is 0 Å². The highest BCUT2D eigenvalue weighted by Gasteiger charge is 2.46. The van der Waals surface area contributed by atoms with Gasteiger partial charge in [-0.1, -0.05) is 30.3 Å². The lowest BCUT2D eigenvalue weighted by molar-refractivity contribution is -0.0776. The van der Waals surface area contributed by atoms with E-state index in [9.17, 15) is 18.4 Å². The first-order valence-electron chi connectivity index (χ1n) is 6.71. The molecule has 2 amide bonds. The molecule has 0 radical (unpaired) electrons. The van der Waals surface area contributed by atoms with Crippen LogP contribution >= 0.6 is 0 Å². The van der Waals surface area contributed by atoms with Crippen molar-refractivity contribution in [2.75, 3.05) is 13.1 Å². The minimum Gasteiger partial charge on any atom is -0.465 e. The molecule has 1 aromatic carbocycles. The van der Waals surface area contributed by atoms with Gasteiger partial charge in [0.15, 0.2) is 0 Å². The SMILES string of the molecule is O=C(NC1CN(C(=O)O)CCC1(F)F)OCc1ccccc1. The number of carbonyl (C=O) groups is 2. The second-order valence-electron chi connectivity index (χ2n) is 5.00. The van der Waals surface area contributed by atoms with Gasteiger partial charge < -0.3 is 20.1 Å². The molecule has 1 aliphatic heterocycles. The Bertz CT molecular complexity index is 539. The molecule has 1 atom stereocenters. The zero-order valence-corrected chi connectivity index (χ0v) is 11.7. The van der Waals surface area contributed by atoms with Crippen LogP contribution in [-0.2, 0) is 11.3 Å². The molecule has 1 heterocycles. The Hall–Kier alpha value is -2.38. The summed E-state index contributed by atoms with van der Waals surface area (Å²) in [6, 6.07) is 7.18. The van der Waals surface area contributed by atoms with Gasteiger partial charge >= 0.3 is 12.2 Å². The van der Waals surface area contributed by atoms with Gasteiger partial charge in [0.2, 0.25) is 0 Å². The molecule has 2 N–H and O–H groups in total. The van der Waals surface area contributed by atoms with E-state index in [-0.39, 0.29) is 13.2 Å². The summed E-state index contributed by atoms with van der Waals surface area (Å²) in [7, 11) is 0. The molecule has 1 aliphatic rings. The number of alkyl halides is 2. The summed E-state index contributed by atoms with van der Waals surface area (Å²) in [6.45, 7) is -0.782. The predicted molar refractivity (Wildman–Crippen MR) is 72.7 cm³/mol. The number of alkyl carbamates (subject to hydrolysis) is 1. The Balaban J connectivity index is 1.89. The monoisotopic (exact) mass is 314 g/mol. The number of benzene rings is 1. The van der Waals surface area contributed by atoms with Crippen LogP contribution in [0.2, 0.25) is 0 Å². The lowest BCUT2D eigenvalue weighted by Crippen LogP contribution is -2.59. The van der Waals surface area contributed by atoms with Gasteiger partial charge in [-0.3, -0.25) is 0 Å². The number of carbonyl (C=O) groups excluding carboxylic acids is 1. The molecule has 1 saturated heterocycles. The molecular weight excluding hydrogens is 298 g/mol. The summed E-state index contributed by atoms with van der Waals surface area (Å²) < 4.78 is 32.3. The third kappa shape index (κ3) is 4.06. The van der Waals surface area contributed by atoms with Crippen LogP contribution in [0, 0.1) is 0 Å². The molecule has 0 aromatic heterocycles. The van der Waals surface area contributed by atoms with Crippen LogP contribution in [0.15, 0.2) is 30.3 Å². The summed E-state index contributed by atoms with van der Waals surface area (Å²) in [5.74, 6) is -3.17. The van der Waals surface area contributed by atoms with Crippen molar-refractivity contribution in [3.05, 3.63) is 35.9 Å². The number of halogens is 2. The number of hydrogen-bond acceptors (Lipinski definition) is 3. The molecule has 0 saturated carbocycles. The Labute approximate surface area is 125 Å². The van der Waals surface area contributed by atoms with E-state index in [2.05, 4.69) is 0 Å². The first-order chi connectivity index (χ1) is 10.4. The van der Waals surface area contributed by atoms with Crippen molar-refractivity contribution in [1.82, 2.24) is 10.2 Å². The predicted octanol–water partition coefficient (Wildman–Crippen LogP) is 2.30. The molecular formula is C14H16F2N2O4. The largest absolute Gasteiger partial charge is 0.465 e. The first kappa shape index (κ1) is 16.0. The fraction of sp³-hybridized carbons (Fsp3) is 0.429. The summed E-state index contributed by atoms with van der Waals surface area (Å²) in [5, 5.41) is 10.9. The summed E-state index contributed by atoms with van der Waals surface area (Å²) >= 11 is 0. The summed E-state index contributed by atoms with van der Waals surface area (Å²) in [4.78, 5) is 23.3. The normalized spacial score (nSPS) is 20.3. The third-order valence-electron chi connectivity index (χ3n) is 3.40. The van der Waals surface area contributed by atoms with Crippen molar-refractivity contribution in [2.24, 2.45) is 0 Å². The van der Waals surface area contributed by atoms with Crippen molar-refractivity contribution < 1.29 is 28.2 Å². The fourth-order valence-electron chi connectivity index (χ4n) is 2.14. The number of nitrogens with one attached hydrogen (secondary N) is 1. The Morgan fingerprint density at radius 2 is 2.05 bits per heavy atom. The second-order valence-corrected chi connectivity index (χ2v) is 5.00. The van der Waals surface area contributed by atoms with Crippen molar-refractivity contribution in [3.63, 3.8) is 0 Å². The second kappa shape index (κ2) is 6.59. The number of hydrogen-bond donors (Lipinski definition) is 2. The quantitative estimate of drug-likeness (QED) is 0.897. The smallest absolute Gasteiger partial charge is 0.407 e. The Kier molecular flexibility index (Phi) is 4.79. The van der Waals surface area contributed by atoms with Gasteiger partial charge in [-0.15, -0.1) is 0 Å². The van der Waals surface area contributed by atoms with Gasteiger partial charge in [0.05, 0.1) is 6.54 Å². The molecule has 1 unspecified atom stereocenters. The average molecular weight is 314 g/mol. The highest BCUT2D eigenvalue weighted by Crippen LogP contribution is 2.28. The van der Waals surface area contributed by atoms with E-state index in [1.54, 1.807) is 30.3 Å². The van der Waals surface area contributed by atoms with E-state index in [0.717, 1.165) is 10.5 Å². The molecule has 0 aliphatic carbocycles. The molecule has 0 spiro atoms. The third-order valence-corrected chi connectivity index (χ3v) is 3.40. The Morgan fingerprint density at radius 1 is 1.36 bits per heavy atom. The molecule has 0 bridgehead atoms. The molecule has 1 aromatic rings. The van der Waals surface area contributed by atoms with Crippen LogP contribution in [0.25, 0.3) is 0 Å². The van der Waals surface area contributed by atoms with Gasteiger partial charge in [-0.25, -0.2) is 18.4 Å². The van der Waals surface area contributed by atoms with Crippen molar-refractivity contribution in [1.29, 1.82) is 0 Å². The van der Waals surface area contributed by atoms with Crippen molar-refractivity contribution in [2.45, 2.75) is 25.0 Å². The van der Waals surface area contributed by atoms with Crippen molar-refractivity contribution in [3.8, 4) is 0 Å². The number of nitrogens with zero attached hydrogens (tertiary/aromatic N) is 1. The fourth-order valence-corrected chi connectivity index (χ4v) is 2.14. The van der Waals surface area contributed by atoms with Crippen LogP contribution in [0.5, 0.6) is 0 Å². The van der Waals surface area contributed by atoms with Gasteiger partial charge in [0, 0.05) is 13.0 Å². The summed E-state index contributed by atoms with van der Waals surface area (Å²) in [6.07, 6.45) is -2.93. The molecule has 120 valence electrons. The molecule has 22 heavy (non-hydrogen) atoms. The maximum absolute atomic E-state index is 13.7. The van der Waals surface area contributed by atoms with E-state index in [1.165, 1.54) is 0 Å². The molecule has 2 rings (SSSR count). The highest BCUT2D eigenvalue weighted by molar-refractivity contribution is 5.68. The standard InChI is InChI=1S/C14H16F2N2O4/c15-14(16)6-7-18(13(20)21)8-11(14)17-12(19)22-9-10-4-2-1-3-5-10/h1-5,11H,6-9H2,(H,17,19)(H,20,21). The molecule has 1 fully saturated rings. The number of likely N-dealkylation sites (tertiary alicyclic amines) is 1. The lowest BCUT2D eigenvalue weighted by Gasteiger charge is -2.36. The summed E-state index contributed by atoms with van der Waals surface area (Å²) in [5.41, 5.74) is 0.722. The van der Waals surface area contributed by atoms with Crippen LogP contribution in [0.4, 0.5) is 18.4 Å². The van der Waals surface area contributed by atoms with E-state index in [0.29, 0.717) is 0 Å². The van der Waals surface area contributed by atoms with Gasteiger partial charge in [0.1, 0.15) is 12.6 Å². The van der Waals surface area contributed by atoms with Crippen molar-refractivity contribution >= 4 is 12.2 Å².